The molecule has 0 radical (unpaired) electrons. The molecule has 1 atom stereocenters. The van der Waals surface area contributed by atoms with E-state index in [1.165, 1.54) is 13.2 Å². The summed E-state index contributed by atoms with van der Waals surface area (Å²) in [5, 5.41) is 0. The van der Waals surface area contributed by atoms with E-state index in [1.807, 2.05) is 4.90 Å². The zero-order chi connectivity index (χ0) is 22.6. The van der Waals surface area contributed by atoms with Gasteiger partial charge in [-0.3, -0.25) is 9.69 Å². The first-order valence-electron chi connectivity index (χ1n) is 10.5. The van der Waals surface area contributed by atoms with Gasteiger partial charge in [0.25, 0.3) is 0 Å². The Hall–Kier alpha value is -1.94. The van der Waals surface area contributed by atoms with Gasteiger partial charge in [-0.25, -0.2) is 8.42 Å². The van der Waals surface area contributed by atoms with E-state index in [0.29, 0.717) is 18.5 Å². The standard InChI is InChI=1S/C21H30F2N2O5S/c1-24(12-15-7-8-18(29-2)19(11-15)30-21(22)23)13-20(26)25(16-5-3-4-6-16)17-9-10-31(27,28)14-17/h7-8,11,16-17,21H,3-6,9-10,12-14H2,1-2H3. The third-order valence-corrected chi connectivity index (χ3v) is 7.66. The molecule has 2 fully saturated rings. The van der Waals surface area contributed by atoms with Crippen LogP contribution in [-0.2, 0) is 21.2 Å². The molecule has 3 rings (SSSR count). The molecule has 2 aliphatic rings. The summed E-state index contributed by atoms with van der Waals surface area (Å²) in [6, 6.07) is 4.59. The van der Waals surface area contributed by atoms with Gasteiger partial charge in [0.15, 0.2) is 21.3 Å². The van der Waals surface area contributed by atoms with Crippen molar-refractivity contribution in [2.75, 3.05) is 32.2 Å². The molecule has 1 saturated carbocycles. The van der Waals surface area contributed by atoms with Gasteiger partial charge in [0.05, 0.1) is 25.2 Å². The first-order valence-corrected chi connectivity index (χ1v) is 12.3. The Kier molecular flexibility index (Phi) is 7.74. The largest absolute Gasteiger partial charge is 0.493 e. The van der Waals surface area contributed by atoms with Gasteiger partial charge in [-0.1, -0.05) is 18.9 Å². The van der Waals surface area contributed by atoms with Crippen LogP contribution in [0.3, 0.4) is 0 Å². The lowest BCUT2D eigenvalue weighted by Crippen LogP contribution is -2.50. The van der Waals surface area contributed by atoms with Crippen LogP contribution in [-0.4, -0.2) is 75.0 Å². The van der Waals surface area contributed by atoms with E-state index in [-0.39, 0.29) is 47.5 Å². The molecule has 0 aromatic heterocycles. The van der Waals surface area contributed by atoms with Gasteiger partial charge in [0.1, 0.15) is 0 Å². The van der Waals surface area contributed by atoms with Crippen LogP contribution < -0.4 is 9.47 Å². The normalized spacial score (nSPS) is 21.0. The minimum Gasteiger partial charge on any atom is -0.493 e. The summed E-state index contributed by atoms with van der Waals surface area (Å²) in [4.78, 5) is 16.8. The lowest BCUT2D eigenvalue weighted by molar-refractivity contribution is -0.136. The number of sulfone groups is 1. The molecule has 0 spiro atoms. The number of alkyl halides is 2. The maximum Gasteiger partial charge on any atom is 0.387 e. The summed E-state index contributed by atoms with van der Waals surface area (Å²) < 4.78 is 58.9. The molecular weight excluding hydrogens is 430 g/mol. The molecule has 1 aliphatic carbocycles. The van der Waals surface area contributed by atoms with Crippen molar-refractivity contribution in [1.29, 1.82) is 0 Å². The highest BCUT2D eigenvalue weighted by Crippen LogP contribution is 2.31. The molecule has 7 nitrogen and oxygen atoms in total. The highest BCUT2D eigenvalue weighted by atomic mass is 32.2. The number of ether oxygens (including phenoxy) is 2. The van der Waals surface area contributed by atoms with E-state index >= 15 is 0 Å². The van der Waals surface area contributed by atoms with Gasteiger partial charge in [-0.15, -0.1) is 0 Å². The molecule has 31 heavy (non-hydrogen) atoms. The van der Waals surface area contributed by atoms with Crippen LogP contribution in [0, 0.1) is 0 Å². The number of amides is 1. The number of carbonyl (C=O) groups excluding carboxylic acids is 1. The number of hydrogen-bond acceptors (Lipinski definition) is 6. The van der Waals surface area contributed by atoms with Gasteiger partial charge < -0.3 is 14.4 Å². The van der Waals surface area contributed by atoms with Crippen LogP contribution >= 0.6 is 0 Å². The molecule has 1 saturated heterocycles. The van der Waals surface area contributed by atoms with Gasteiger partial charge in [-0.2, -0.15) is 8.78 Å². The molecular formula is C21H30F2N2O5S. The van der Waals surface area contributed by atoms with Crippen LogP contribution in [0.15, 0.2) is 18.2 Å². The van der Waals surface area contributed by atoms with E-state index in [2.05, 4.69) is 4.74 Å². The number of benzene rings is 1. The Morgan fingerprint density at radius 2 is 1.87 bits per heavy atom. The second kappa shape index (κ2) is 10.1. The molecule has 1 heterocycles. The van der Waals surface area contributed by atoms with Crippen molar-refractivity contribution < 1.29 is 31.5 Å². The lowest BCUT2D eigenvalue weighted by Gasteiger charge is -2.35. The van der Waals surface area contributed by atoms with Crippen molar-refractivity contribution in [3.05, 3.63) is 23.8 Å². The average Bonchev–Trinajstić information content (AvgIpc) is 3.31. The Morgan fingerprint density at radius 3 is 2.45 bits per heavy atom. The Labute approximate surface area is 182 Å². The zero-order valence-corrected chi connectivity index (χ0v) is 18.7. The highest BCUT2D eigenvalue weighted by molar-refractivity contribution is 7.91. The number of carbonyl (C=O) groups is 1. The van der Waals surface area contributed by atoms with E-state index in [0.717, 1.165) is 25.7 Å². The highest BCUT2D eigenvalue weighted by Gasteiger charge is 2.39. The lowest BCUT2D eigenvalue weighted by atomic mass is 10.1. The van der Waals surface area contributed by atoms with Crippen LogP contribution in [0.25, 0.3) is 0 Å². The molecule has 174 valence electrons. The van der Waals surface area contributed by atoms with Crippen LogP contribution in [0.5, 0.6) is 11.5 Å². The van der Waals surface area contributed by atoms with Gasteiger partial charge >= 0.3 is 6.61 Å². The molecule has 1 aromatic carbocycles. The van der Waals surface area contributed by atoms with Crippen molar-refractivity contribution in [2.45, 2.75) is 57.3 Å². The van der Waals surface area contributed by atoms with Gasteiger partial charge in [0, 0.05) is 18.6 Å². The van der Waals surface area contributed by atoms with E-state index in [4.69, 9.17) is 4.74 Å². The topological polar surface area (TPSA) is 76.2 Å². The molecule has 0 bridgehead atoms. The SMILES string of the molecule is COc1ccc(CN(C)CC(=O)N(C2CCCC2)C2CCS(=O)(=O)C2)cc1OC(F)F. The van der Waals surface area contributed by atoms with E-state index in [1.54, 1.807) is 24.1 Å². The second-order valence-corrected chi connectivity index (χ2v) is 10.6. The van der Waals surface area contributed by atoms with Crippen molar-refractivity contribution >= 4 is 15.7 Å². The second-order valence-electron chi connectivity index (χ2n) is 8.33. The molecule has 1 aliphatic heterocycles. The number of hydrogen-bond donors (Lipinski definition) is 0. The minimum absolute atomic E-state index is 0.0335. The van der Waals surface area contributed by atoms with Crippen molar-refractivity contribution in [2.24, 2.45) is 0 Å². The minimum atomic E-state index is -3.10. The third kappa shape index (κ3) is 6.29. The summed E-state index contributed by atoms with van der Waals surface area (Å²) in [5.74, 6) is 0.222. The summed E-state index contributed by atoms with van der Waals surface area (Å²) in [7, 11) is 0.0493. The fraction of sp³-hybridized carbons (Fsp3) is 0.667. The summed E-state index contributed by atoms with van der Waals surface area (Å²) in [6.07, 6.45) is 4.38. The molecule has 10 heteroatoms. The molecule has 1 amide bonds. The Balaban J connectivity index is 1.68. The fourth-order valence-corrected chi connectivity index (χ4v) is 6.28. The van der Waals surface area contributed by atoms with Crippen molar-refractivity contribution in [3.63, 3.8) is 0 Å². The maximum atomic E-state index is 13.2. The Bertz CT molecular complexity index is 875. The first-order chi connectivity index (χ1) is 14.7. The van der Waals surface area contributed by atoms with Crippen LogP contribution in [0.2, 0.25) is 0 Å². The van der Waals surface area contributed by atoms with Crippen LogP contribution in [0.4, 0.5) is 8.78 Å². The fourth-order valence-electron chi connectivity index (χ4n) is 4.57. The number of nitrogens with zero attached hydrogens (tertiary/aromatic N) is 2. The van der Waals surface area contributed by atoms with Crippen molar-refractivity contribution in [1.82, 2.24) is 9.80 Å². The van der Waals surface area contributed by atoms with Gasteiger partial charge in [-0.05, 0) is 44.0 Å². The molecule has 1 aromatic rings. The number of likely N-dealkylation sites (N-methyl/N-ethyl adjacent to an activating group) is 1. The summed E-state index contributed by atoms with van der Waals surface area (Å²) in [5.41, 5.74) is 0.697. The Morgan fingerprint density at radius 1 is 1.16 bits per heavy atom. The quantitative estimate of drug-likeness (QED) is 0.564. The smallest absolute Gasteiger partial charge is 0.387 e. The number of methoxy groups -OCH3 is 1. The van der Waals surface area contributed by atoms with E-state index in [9.17, 15) is 22.0 Å². The first kappa shape index (κ1) is 23.7. The van der Waals surface area contributed by atoms with E-state index < -0.39 is 16.4 Å². The van der Waals surface area contributed by atoms with Crippen LogP contribution in [0.1, 0.15) is 37.7 Å². The predicted molar refractivity (Wildman–Crippen MR) is 112 cm³/mol. The zero-order valence-electron chi connectivity index (χ0n) is 17.9. The average molecular weight is 461 g/mol. The summed E-state index contributed by atoms with van der Waals surface area (Å²) in [6.45, 7) is -2.51. The molecule has 0 N–H and O–H groups in total. The number of halogens is 2. The monoisotopic (exact) mass is 460 g/mol. The van der Waals surface area contributed by atoms with Crippen molar-refractivity contribution in [3.8, 4) is 11.5 Å². The number of rotatable bonds is 9. The molecule has 1 unspecified atom stereocenters. The summed E-state index contributed by atoms with van der Waals surface area (Å²) >= 11 is 0. The van der Waals surface area contributed by atoms with Gasteiger partial charge in [0.2, 0.25) is 5.91 Å². The predicted octanol–water partition coefficient (Wildman–Crippen LogP) is 2.69. The maximum absolute atomic E-state index is 13.2. The third-order valence-electron chi connectivity index (χ3n) is 5.91.